The van der Waals surface area contributed by atoms with E-state index in [1.165, 1.54) is 0 Å². The van der Waals surface area contributed by atoms with Crippen LogP contribution < -0.4 is 15.8 Å². The van der Waals surface area contributed by atoms with Crippen LogP contribution in [0.15, 0.2) is 29.2 Å². The van der Waals surface area contributed by atoms with Gasteiger partial charge in [0.05, 0.1) is 4.90 Å². The minimum Gasteiger partial charge on any atom is -0.385 e. The second-order valence-corrected chi connectivity index (χ2v) is 6.74. The van der Waals surface area contributed by atoms with Crippen LogP contribution in [-0.2, 0) is 10.0 Å². The van der Waals surface area contributed by atoms with Gasteiger partial charge in [-0.3, -0.25) is 0 Å². The third-order valence-electron chi connectivity index (χ3n) is 2.61. The van der Waals surface area contributed by atoms with Gasteiger partial charge >= 0.3 is 0 Å². The Morgan fingerprint density at radius 2 is 1.74 bits per heavy atom. The van der Waals surface area contributed by atoms with E-state index in [1.54, 1.807) is 38.1 Å². The minimum atomic E-state index is -3.41. The Bertz CT molecular complexity index is 483. The molecule has 108 valence electrons. The van der Waals surface area contributed by atoms with E-state index in [0.29, 0.717) is 12.5 Å². The number of benzene rings is 1. The van der Waals surface area contributed by atoms with Gasteiger partial charge in [-0.05, 0) is 50.6 Å². The molecule has 0 heterocycles. The molecule has 5 nitrogen and oxygen atoms in total. The zero-order valence-electron chi connectivity index (χ0n) is 11.7. The van der Waals surface area contributed by atoms with Crippen molar-refractivity contribution in [2.24, 2.45) is 11.7 Å². The fourth-order valence-corrected chi connectivity index (χ4v) is 2.76. The normalized spacial score (nSPS) is 13.5. The summed E-state index contributed by atoms with van der Waals surface area (Å²) in [5.74, 6) is 0.381. The molecule has 0 aliphatic rings. The maximum absolute atomic E-state index is 11.9. The molecule has 1 atom stereocenters. The van der Waals surface area contributed by atoms with E-state index in [-0.39, 0.29) is 10.9 Å². The van der Waals surface area contributed by atoms with Crippen molar-refractivity contribution in [2.45, 2.75) is 31.7 Å². The van der Waals surface area contributed by atoms with Gasteiger partial charge in [0.15, 0.2) is 0 Å². The predicted octanol–water partition coefficient (Wildman–Crippen LogP) is 1.38. The maximum Gasteiger partial charge on any atom is 0.240 e. The maximum atomic E-state index is 11.9. The molecule has 0 saturated heterocycles. The van der Waals surface area contributed by atoms with E-state index in [4.69, 9.17) is 5.73 Å². The lowest BCUT2D eigenvalue weighted by molar-refractivity contribution is 0.570. The molecule has 0 amide bonds. The summed E-state index contributed by atoms with van der Waals surface area (Å²) in [4.78, 5) is 0.277. The molecule has 0 fully saturated rings. The number of anilines is 1. The molecule has 6 heteroatoms. The van der Waals surface area contributed by atoms with Crippen molar-refractivity contribution in [1.29, 1.82) is 0 Å². The van der Waals surface area contributed by atoms with Gasteiger partial charge in [0.2, 0.25) is 10.0 Å². The summed E-state index contributed by atoms with van der Waals surface area (Å²) in [5, 5.41) is 3.22. The Morgan fingerprint density at radius 1 is 1.16 bits per heavy atom. The summed E-state index contributed by atoms with van der Waals surface area (Å²) in [5.41, 5.74) is 6.43. The summed E-state index contributed by atoms with van der Waals surface area (Å²) in [7, 11) is -3.41. The van der Waals surface area contributed by atoms with Crippen molar-refractivity contribution < 1.29 is 8.42 Å². The molecule has 0 aromatic heterocycles. The van der Waals surface area contributed by atoms with Gasteiger partial charge in [0.25, 0.3) is 0 Å². The fourth-order valence-electron chi connectivity index (χ4n) is 1.51. The summed E-state index contributed by atoms with van der Waals surface area (Å²) < 4.78 is 26.4. The lowest BCUT2D eigenvalue weighted by Crippen LogP contribution is -2.30. The smallest absolute Gasteiger partial charge is 0.240 e. The third kappa shape index (κ3) is 5.18. The van der Waals surface area contributed by atoms with Gasteiger partial charge in [0, 0.05) is 18.3 Å². The molecular formula is C13H23N3O2S. The van der Waals surface area contributed by atoms with E-state index in [1.807, 2.05) is 0 Å². The van der Waals surface area contributed by atoms with Crippen LogP contribution in [-0.4, -0.2) is 27.5 Å². The highest BCUT2D eigenvalue weighted by atomic mass is 32.2. The van der Waals surface area contributed by atoms with Crippen molar-refractivity contribution >= 4 is 15.7 Å². The highest BCUT2D eigenvalue weighted by Crippen LogP contribution is 2.14. The van der Waals surface area contributed by atoms with Crippen LogP contribution in [0.1, 0.15) is 20.8 Å². The SMILES string of the molecule is CC(CN)CNc1ccc(S(=O)(=O)NC(C)C)cc1. The second kappa shape index (κ2) is 6.88. The molecule has 1 rings (SSSR count). The molecule has 0 bridgehead atoms. The summed E-state index contributed by atoms with van der Waals surface area (Å²) in [6.07, 6.45) is 0. The van der Waals surface area contributed by atoms with Crippen molar-refractivity contribution in [2.75, 3.05) is 18.4 Å². The van der Waals surface area contributed by atoms with Crippen molar-refractivity contribution in [3.05, 3.63) is 24.3 Å². The molecule has 0 saturated carbocycles. The highest BCUT2D eigenvalue weighted by Gasteiger charge is 2.14. The second-order valence-electron chi connectivity index (χ2n) is 5.02. The van der Waals surface area contributed by atoms with Gasteiger partial charge < -0.3 is 11.1 Å². The van der Waals surface area contributed by atoms with Crippen molar-refractivity contribution in [3.63, 3.8) is 0 Å². The number of sulfonamides is 1. The van der Waals surface area contributed by atoms with Crippen LogP contribution in [0.4, 0.5) is 5.69 Å². The number of nitrogens with one attached hydrogen (secondary N) is 2. The Hall–Kier alpha value is -1.11. The quantitative estimate of drug-likeness (QED) is 0.706. The van der Waals surface area contributed by atoms with Crippen LogP contribution in [0.3, 0.4) is 0 Å². The molecule has 0 aliphatic heterocycles. The lowest BCUT2D eigenvalue weighted by atomic mass is 10.2. The lowest BCUT2D eigenvalue weighted by Gasteiger charge is -2.13. The van der Waals surface area contributed by atoms with Gasteiger partial charge in [-0.25, -0.2) is 13.1 Å². The third-order valence-corrected chi connectivity index (χ3v) is 4.29. The Balaban J connectivity index is 2.71. The number of hydrogen-bond donors (Lipinski definition) is 3. The largest absolute Gasteiger partial charge is 0.385 e. The van der Waals surface area contributed by atoms with E-state index < -0.39 is 10.0 Å². The first-order valence-electron chi connectivity index (χ1n) is 6.41. The zero-order chi connectivity index (χ0) is 14.5. The zero-order valence-corrected chi connectivity index (χ0v) is 12.5. The Morgan fingerprint density at radius 3 is 2.21 bits per heavy atom. The highest BCUT2D eigenvalue weighted by molar-refractivity contribution is 7.89. The minimum absolute atomic E-state index is 0.117. The standard InChI is InChI=1S/C13H23N3O2S/c1-10(2)16-19(17,18)13-6-4-12(5-7-13)15-9-11(3)8-14/h4-7,10-11,15-16H,8-9,14H2,1-3H3. The van der Waals surface area contributed by atoms with Crippen LogP contribution >= 0.6 is 0 Å². The number of rotatable bonds is 7. The number of nitrogens with two attached hydrogens (primary N) is 1. The molecular weight excluding hydrogens is 262 g/mol. The van der Waals surface area contributed by atoms with Crippen molar-refractivity contribution in [1.82, 2.24) is 4.72 Å². The van der Waals surface area contributed by atoms with Gasteiger partial charge in [-0.15, -0.1) is 0 Å². The molecule has 1 aromatic carbocycles. The van der Waals surface area contributed by atoms with Gasteiger partial charge in [-0.2, -0.15) is 0 Å². The molecule has 19 heavy (non-hydrogen) atoms. The first-order chi connectivity index (χ1) is 8.85. The van der Waals surface area contributed by atoms with Crippen molar-refractivity contribution in [3.8, 4) is 0 Å². The van der Waals surface area contributed by atoms with Gasteiger partial charge in [0.1, 0.15) is 0 Å². The van der Waals surface area contributed by atoms with Crippen LogP contribution in [0.5, 0.6) is 0 Å². The molecule has 1 aromatic rings. The molecule has 1 unspecified atom stereocenters. The number of hydrogen-bond acceptors (Lipinski definition) is 4. The molecule has 4 N–H and O–H groups in total. The fraction of sp³-hybridized carbons (Fsp3) is 0.538. The Labute approximate surface area is 115 Å². The summed E-state index contributed by atoms with van der Waals surface area (Å²) >= 11 is 0. The first-order valence-corrected chi connectivity index (χ1v) is 7.90. The average Bonchev–Trinajstić information content (AvgIpc) is 2.35. The monoisotopic (exact) mass is 285 g/mol. The van der Waals surface area contributed by atoms with Crippen LogP contribution in [0.2, 0.25) is 0 Å². The first kappa shape index (κ1) is 15.9. The average molecular weight is 285 g/mol. The summed E-state index contributed by atoms with van der Waals surface area (Å²) in [6.45, 7) is 7.03. The summed E-state index contributed by atoms with van der Waals surface area (Å²) in [6, 6.07) is 6.60. The van der Waals surface area contributed by atoms with E-state index in [0.717, 1.165) is 12.2 Å². The Kier molecular flexibility index (Phi) is 5.78. The molecule has 0 radical (unpaired) electrons. The van der Waals surface area contributed by atoms with E-state index in [9.17, 15) is 8.42 Å². The molecule has 0 spiro atoms. The van der Waals surface area contributed by atoms with Crippen LogP contribution in [0.25, 0.3) is 0 Å². The van der Waals surface area contributed by atoms with E-state index >= 15 is 0 Å². The van der Waals surface area contributed by atoms with Gasteiger partial charge in [-0.1, -0.05) is 6.92 Å². The topological polar surface area (TPSA) is 84.2 Å². The van der Waals surface area contributed by atoms with Crippen LogP contribution in [0, 0.1) is 5.92 Å². The molecule has 0 aliphatic carbocycles. The predicted molar refractivity (Wildman–Crippen MR) is 78.6 cm³/mol. The van der Waals surface area contributed by atoms with E-state index in [2.05, 4.69) is 17.0 Å².